The van der Waals surface area contributed by atoms with Gasteiger partial charge < -0.3 is 9.80 Å². The molecule has 0 amide bonds. The zero-order valence-electron chi connectivity index (χ0n) is 11.5. The monoisotopic (exact) mass is 306 g/mol. The molecule has 0 radical (unpaired) electrons. The molecule has 0 spiro atoms. The van der Waals surface area contributed by atoms with Gasteiger partial charge in [0, 0.05) is 50.1 Å². The van der Waals surface area contributed by atoms with Gasteiger partial charge in [-0.05, 0) is 29.8 Å². The zero-order chi connectivity index (χ0) is 14.7. The molecule has 2 heterocycles. The first-order valence-corrected chi connectivity index (χ1v) is 7.42. The van der Waals surface area contributed by atoms with Gasteiger partial charge in [0.2, 0.25) is 5.95 Å². The lowest BCUT2D eigenvalue weighted by atomic mass is 10.1. The van der Waals surface area contributed by atoms with Gasteiger partial charge in [-0.3, -0.25) is 0 Å². The summed E-state index contributed by atoms with van der Waals surface area (Å²) in [6.45, 7) is 3.35. The van der Waals surface area contributed by atoms with Gasteiger partial charge in [0.15, 0.2) is 0 Å². The minimum atomic E-state index is -0.245. The third-order valence-electron chi connectivity index (χ3n) is 3.64. The molecule has 0 saturated carbocycles. The van der Waals surface area contributed by atoms with Crippen LogP contribution in [0, 0.1) is 5.82 Å². The van der Waals surface area contributed by atoms with E-state index in [2.05, 4.69) is 19.8 Å². The van der Waals surface area contributed by atoms with E-state index < -0.39 is 0 Å². The van der Waals surface area contributed by atoms with Crippen LogP contribution in [0.1, 0.15) is 5.56 Å². The fourth-order valence-electron chi connectivity index (χ4n) is 2.57. The minimum Gasteiger partial charge on any atom is -0.368 e. The number of halogens is 2. The number of rotatable bonds is 3. The molecule has 3 rings (SSSR count). The molecule has 1 aliphatic rings. The first kappa shape index (κ1) is 14.1. The summed E-state index contributed by atoms with van der Waals surface area (Å²) in [6, 6.07) is 6.61. The highest BCUT2D eigenvalue weighted by Gasteiger charge is 2.20. The summed E-state index contributed by atoms with van der Waals surface area (Å²) in [5, 5.41) is 0. The van der Waals surface area contributed by atoms with E-state index in [4.69, 9.17) is 11.6 Å². The SMILES string of the molecule is Fc1ccc(N2CCN(c3ncccn3)CC2)c(CCl)c1. The van der Waals surface area contributed by atoms with Gasteiger partial charge in [-0.2, -0.15) is 0 Å². The summed E-state index contributed by atoms with van der Waals surface area (Å²) < 4.78 is 13.3. The van der Waals surface area contributed by atoms with Crippen molar-refractivity contribution in [3.8, 4) is 0 Å². The van der Waals surface area contributed by atoms with Crippen LogP contribution in [0.5, 0.6) is 0 Å². The van der Waals surface area contributed by atoms with Crippen LogP contribution < -0.4 is 9.80 Å². The minimum absolute atomic E-state index is 0.245. The number of anilines is 2. The predicted molar refractivity (Wildman–Crippen MR) is 82.4 cm³/mol. The highest BCUT2D eigenvalue weighted by Crippen LogP contribution is 2.25. The molecule has 1 fully saturated rings. The molecule has 0 aliphatic carbocycles. The van der Waals surface area contributed by atoms with Gasteiger partial charge in [0.1, 0.15) is 5.82 Å². The van der Waals surface area contributed by atoms with E-state index in [1.807, 2.05) is 12.1 Å². The third-order valence-corrected chi connectivity index (χ3v) is 3.93. The van der Waals surface area contributed by atoms with E-state index in [0.29, 0.717) is 5.88 Å². The van der Waals surface area contributed by atoms with E-state index in [9.17, 15) is 4.39 Å². The second-order valence-electron chi connectivity index (χ2n) is 4.93. The summed E-state index contributed by atoms with van der Waals surface area (Å²) in [6.07, 6.45) is 3.50. The Morgan fingerprint density at radius 2 is 1.71 bits per heavy atom. The largest absolute Gasteiger partial charge is 0.368 e. The number of hydrogen-bond acceptors (Lipinski definition) is 4. The number of piperazine rings is 1. The molecule has 1 aromatic carbocycles. The van der Waals surface area contributed by atoms with Crippen LogP contribution in [-0.4, -0.2) is 36.1 Å². The average Bonchev–Trinajstić information content (AvgIpc) is 2.56. The van der Waals surface area contributed by atoms with Crippen molar-refractivity contribution in [1.29, 1.82) is 0 Å². The quantitative estimate of drug-likeness (QED) is 0.816. The van der Waals surface area contributed by atoms with Crippen molar-refractivity contribution in [1.82, 2.24) is 9.97 Å². The van der Waals surface area contributed by atoms with Crippen molar-refractivity contribution >= 4 is 23.2 Å². The highest BCUT2D eigenvalue weighted by atomic mass is 35.5. The van der Waals surface area contributed by atoms with Crippen molar-refractivity contribution < 1.29 is 4.39 Å². The average molecular weight is 307 g/mol. The molecule has 1 saturated heterocycles. The number of alkyl halides is 1. The van der Waals surface area contributed by atoms with Crippen molar-refractivity contribution in [2.45, 2.75) is 5.88 Å². The Hall–Kier alpha value is -1.88. The van der Waals surface area contributed by atoms with Gasteiger partial charge in [-0.25, -0.2) is 14.4 Å². The summed E-state index contributed by atoms with van der Waals surface area (Å²) >= 11 is 5.92. The van der Waals surface area contributed by atoms with Gasteiger partial charge in [0.25, 0.3) is 0 Å². The van der Waals surface area contributed by atoms with E-state index in [0.717, 1.165) is 43.4 Å². The molecule has 1 aliphatic heterocycles. The lowest BCUT2D eigenvalue weighted by Gasteiger charge is -2.36. The second kappa shape index (κ2) is 6.26. The lowest BCUT2D eigenvalue weighted by Crippen LogP contribution is -2.47. The van der Waals surface area contributed by atoms with E-state index in [1.165, 1.54) is 12.1 Å². The Kier molecular flexibility index (Phi) is 4.20. The zero-order valence-corrected chi connectivity index (χ0v) is 12.3. The topological polar surface area (TPSA) is 32.3 Å². The number of hydrogen-bond donors (Lipinski definition) is 0. The van der Waals surface area contributed by atoms with Gasteiger partial charge in [0.05, 0.1) is 0 Å². The highest BCUT2D eigenvalue weighted by molar-refractivity contribution is 6.17. The fraction of sp³-hybridized carbons (Fsp3) is 0.333. The maximum Gasteiger partial charge on any atom is 0.225 e. The maximum atomic E-state index is 13.3. The van der Waals surface area contributed by atoms with Crippen LogP contribution in [0.3, 0.4) is 0 Å². The number of aromatic nitrogens is 2. The first-order chi connectivity index (χ1) is 10.3. The first-order valence-electron chi connectivity index (χ1n) is 6.89. The van der Waals surface area contributed by atoms with Crippen LogP contribution >= 0.6 is 11.6 Å². The molecule has 0 N–H and O–H groups in total. The molecule has 1 aromatic heterocycles. The van der Waals surface area contributed by atoms with Crippen molar-refractivity contribution in [3.63, 3.8) is 0 Å². The van der Waals surface area contributed by atoms with Crippen molar-refractivity contribution in [3.05, 3.63) is 48.0 Å². The maximum absolute atomic E-state index is 13.3. The molecule has 0 bridgehead atoms. The third kappa shape index (κ3) is 3.08. The van der Waals surface area contributed by atoms with Crippen molar-refractivity contribution in [2.24, 2.45) is 0 Å². The second-order valence-corrected chi connectivity index (χ2v) is 5.20. The number of nitrogens with zero attached hydrogens (tertiary/aromatic N) is 4. The molecule has 2 aromatic rings. The molecule has 110 valence electrons. The van der Waals surface area contributed by atoms with Gasteiger partial charge >= 0.3 is 0 Å². The van der Waals surface area contributed by atoms with Crippen LogP contribution in [0.4, 0.5) is 16.0 Å². The summed E-state index contributed by atoms with van der Waals surface area (Å²) in [4.78, 5) is 12.9. The summed E-state index contributed by atoms with van der Waals surface area (Å²) in [7, 11) is 0. The Morgan fingerprint density at radius 1 is 1.05 bits per heavy atom. The number of benzene rings is 1. The molecule has 0 atom stereocenters. The lowest BCUT2D eigenvalue weighted by molar-refractivity contribution is 0.620. The fourth-order valence-corrected chi connectivity index (χ4v) is 2.79. The molecule has 4 nitrogen and oxygen atoms in total. The van der Waals surface area contributed by atoms with Crippen LogP contribution in [-0.2, 0) is 5.88 Å². The van der Waals surface area contributed by atoms with E-state index in [-0.39, 0.29) is 5.82 Å². The Labute approximate surface area is 128 Å². The van der Waals surface area contributed by atoms with E-state index >= 15 is 0 Å². The molecule has 6 heteroatoms. The van der Waals surface area contributed by atoms with Crippen LogP contribution in [0.15, 0.2) is 36.7 Å². The summed E-state index contributed by atoms with van der Waals surface area (Å²) in [5.41, 5.74) is 1.85. The Bertz CT molecular complexity index is 600. The normalized spacial score (nSPS) is 15.3. The van der Waals surface area contributed by atoms with Crippen LogP contribution in [0.25, 0.3) is 0 Å². The smallest absolute Gasteiger partial charge is 0.225 e. The van der Waals surface area contributed by atoms with Gasteiger partial charge in [-0.15, -0.1) is 11.6 Å². The molecule has 21 heavy (non-hydrogen) atoms. The van der Waals surface area contributed by atoms with Crippen molar-refractivity contribution in [2.75, 3.05) is 36.0 Å². The van der Waals surface area contributed by atoms with Crippen LogP contribution in [0.2, 0.25) is 0 Å². The van der Waals surface area contributed by atoms with E-state index in [1.54, 1.807) is 12.4 Å². The summed E-state index contributed by atoms with van der Waals surface area (Å²) in [5.74, 6) is 0.828. The Morgan fingerprint density at radius 3 is 2.38 bits per heavy atom. The molecular formula is C15H16ClFN4. The Balaban J connectivity index is 1.71. The molecular weight excluding hydrogens is 291 g/mol. The standard InChI is InChI=1S/C15H16ClFN4/c16-11-12-10-13(17)2-3-14(12)20-6-8-21(9-7-20)15-18-4-1-5-19-15/h1-5,10H,6-9,11H2. The predicted octanol–water partition coefficient (Wildman–Crippen LogP) is 2.68. The van der Waals surface area contributed by atoms with Gasteiger partial charge in [-0.1, -0.05) is 0 Å². The molecule has 0 unspecified atom stereocenters.